The predicted molar refractivity (Wildman–Crippen MR) is 108 cm³/mol. The fourth-order valence-electron chi connectivity index (χ4n) is 4.88. The second kappa shape index (κ2) is 7.89. The van der Waals surface area contributed by atoms with Crippen molar-refractivity contribution < 1.29 is 14.3 Å². The molecule has 2 aliphatic heterocycles. The maximum absolute atomic E-state index is 12.8. The number of methoxy groups -OCH3 is 1. The number of hydrogen-bond donors (Lipinski definition) is 1. The van der Waals surface area contributed by atoms with Gasteiger partial charge in [-0.2, -0.15) is 0 Å². The number of benzene rings is 1. The average Bonchev–Trinajstić information content (AvgIpc) is 3.23. The lowest BCUT2D eigenvalue weighted by Crippen LogP contribution is -2.58. The van der Waals surface area contributed by atoms with Crippen LogP contribution in [0.3, 0.4) is 0 Å². The minimum atomic E-state index is -0.390. The Labute approximate surface area is 171 Å². The molecule has 4 rings (SSSR count). The Kier molecular flexibility index (Phi) is 5.30. The number of likely N-dealkylation sites (tertiary alicyclic amines) is 1. The van der Waals surface area contributed by atoms with Gasteiger partial charge in [0.2, 0.25) is 11.8 Å². The summed E-state index contributed by atoms with van der Waals surface area (Å²) in [6, 6.07) is 7.82. The lowest BCUT2D eigenvalue weighted by atomic mass is 9.78. The largest absolute Gasteiger partial charge is 0.496 e. The van der Waals surface area contributed by atoms with E-state index in [9.17, 15) is 9.59 Å². The molecule has 0 aliphatic carbocycles. The van der Waals surface area contributed by atoms with E-state index in [1.54, 1.807) is 20.4 Å². The zero-order chi connectivity index (χ0) is 20.4. The molecule has 1 aromatic heterocycles. The molecule has 1 saturated heterocycles. The fourth-order valence-corrected chi connectivity index (χ4v) is 4.88. The van der Waals surface area contributed by atoms with Crippen LogP contribution >= 0.6 is 0 Å². The van der Waals surface area contributed by atoms with Crippen LogP contribution in [-0.2, 0) is 28.0 Å². The molecule has 1 fully saturated rings. The molecular weight excluding hydrogens is 368 g/mol. The van der Waals surface area contributed by atoms with Crippen LogP contribution in [0.1, 0.15) is 43.1 Å². The van der Waals surface area contributed by atoms with E-state index in [0.717, 1.165) is 42.0 Å². The Morgan fingerprint density at radius 1 is 1.21 bits per heavy atom. The van der Waals surface area contributed by atoms with E-state index in [0.29, 0.717) is 32.5 Å². The minimum absolute atomic E-state index is 0.0783. The molecule has 0 atom stereocenters. The van der Waals surface area contributed by atoms with Crippen molar-refractivity contribution in [2.24, 2.45) is 0 Å². The van der Waals surface area contributed by atoms with Crippen molar-refractivity contribution in [3.05, 3.63) is 47.5 Å². The Morgan fingerprint density at radius 3 is 2.69 bits per heavy atom. The molecule has 0 unspecified atom stereocenters. The van der Waals surface area contributed by atoms with E-state index in [1.165, 1.54) is 0 Å². The summed E-state index contributed by atoms with van der Waals surface area (Å²) in [4.78, 5) is 36.9. The third-order valence-corrected chi connectivity index (χ3v) is 6.39. The number of rotatable bonds is 4. The second-order valence-electron chi connectivity index (χ2n) is 7.87. The summed E-state index contributed by atoms with van der Waals surface area (Å²) in [7, 11) is 1.65. The molecule has 29 heavy (non-hydrogen) atoms. The number of carbonyl (C=O) groups excluding carboxylic acids is 2. The quantitative estimate of drug-likeness (QED) is 0.860. The van der Waals surface area contributed by atoms with Gasteiger partial charge in [0.15, 0.2) is 0 Å². The Hall–Kier alpha value is -2.83. The highest BCUT2D eigenvalue weighted by atomic mass is 16.5. The first-order chi connectivity index (χ1) is 14.0. The number of imidazole rings is 1. The SMILES string of the molecule is COc1ccccc1CCC(=O)N1CCC2(CC1)c1nc[nH]c1CCN2C(C)=O. The summed E-state index contributed by atoms with van der Waals surface area (Å²) >= 11 is 0. The molecule has 2 aliphatic rings. The van der Waals surface area contributed by atoms with Gasteiger partial charge in [-0.3, -0.25) is 9.59 Å². The number of amides is 2. The van der Waals surface area contributed by atoms with Gasteiger partial charge in [-0.05, 0) is 30.9 Å². The van der Waals surface area contributed by atoms with Crippen LogP contribution in [0.4, 0.5) is 0 Å². The van der Waals surface area contributed by atoms with Crippen LogP contribution in [0.15, 0.2) is 30.6 Å². The molecule has 2 amide bonds. The van der Waals surface area contributed by atoms with Gasteiger partial charge >= 0.3 is 0 Å². The van der Waals surface area contributed by atoms with Crippen molar-refractivity contribution >= 4 is 11.8 Å². The summed E-state index contributed by atoms with van der Waals surface area (Å²) in [6.07, 6.45) is 5.10. The summed E-state index contributed by atoms with van der Waals surface area (Å²) in [5, 5.41) is 0. The lowest BCUT2D eigenvalue weighted by Gasteiger charge is -2.50. The average molecular weight is 396 g/mol. The summed E-state index contributed by atoms with van der Waals surface area (Å²) in [5.74, 6) is 1.05. The molecule has 0 saturated carbocycles. The third kappa shape index (κ3) is 3.50. The molecular formula is C22H28N4O3. The Balaban J connectivity index is 1.43. The van der Waals surface area contributed by atoms with Gasteiger partial charge in [0.1, 0.15) is 5.75 Å². The first kappa shape index (κ1) is 19.5. The van der Waals surface area contributed by atoms with Crippen molar-refractivity contribution in [3.63, 3.8) is 0 Å². The number of fused-ring (bicyclic) bond motifs is 2. The van der Waals surface area contributed by atoms with Crippen molar-refractivity contribution in [2.45, 2.75) is 44.6 Å². The summed E-state index contributed by atoms with van der Waals surface area (Å²) in [5.41, 5.74) is 2.77. The van der Waals surface area contributed by atoms with Gasteiger partial charge in [-0.25, -0.2) is 4.98 Å². The summed E-state index contributed by atoms with van der Waals surface area (Å²) in [6.45, 7) is 3.61. The van der Waals surface area contributed by atoms with Gasteiger partial charge in [0.05, 0.1) is 24.7 Å². The third-order valence-electron chi connectivity index (χ3n) is 6.39. The van der Waals surface area contributed by atoms with Gasteiger partial charge in [-0.15, -0.1) is 0 Å². The van der Waals surface area contributed by atoms with Gasteiger partial charge in [0.25, 0.3) is 0 Å². The number of aromatic nitrogens is 2. The number of H-pyrrole nitrogens is 1. The number of aryl methyl sites for hydroxylation is 1. The van der Waals surface area contributed by atoms with Gasteiger partial charge < -0.3 is 19.5 Å². The van der Waals surface area contributed by atoms with Crippen LogP contribution in [-0.4, -0.2) is 58.3 Å². The molecule has 1 N–H and O–H groups in total. The predicted octanol–water partition coefficient (Wildman–Crippen LogP) is 2.27. The number of para-hydroxylation sites is 1. The highest BCUT2D eigenvalue weighted by Crippen LogP contribution is 2.42. The van der Waals surface area contributed by atoms with Crippen LogP contribution in [0.2, 0.25) is 0 Å². The first-order valence-corrected chi connectivity index (χ1v) is 10.3. The fraction of sp³-hybridized carbons (Fsp3) is 0.500. The van der Waals surface area contributed by atoms with Gasteiger partial charge in [-0.1, -0.05) is 18.2 Å². The van der Waals surface area contributed by atoms with Crippen molar-refractivity contribution in [3.8, 4) is 5.75 Å². The molecule has 7 heteroatoms. The van der Waals surface area contributed by atoms with E-state index in [4.69, 9.17) is 4.74 Å². The number of nitrogens with zero attached hydrogens (tertiary/aromatic N) is 3. The number of piperidine rings is 1. The standard InChI is InChI=1S/C22H28N4O3/c1-16(27)26-12-9-18-21(24-15-23-18)22(26)10-13-25(14-11-22)20(28)8-7-17-5-3-4-6-19(17)29-2/h3-6,15H,7-14H2,1-2H3,(H,23,24). The maximum atomic E-state index is 12.8. The minimum Gasteiger partial charge on any atom is -0.496 e. The smallest absolute Gasteiger partial charge is 0.222 e. The van der Waals surface area contributed by atoms with Crippen molar-refractivity contribution in [2.75, 3.05) is 26.7 Å². The molecule has 3 heterocycles. The highest BCUT2D eigenvalue weighted by molar-refractivity contribution is 5.77. The molecule has 1 aromatic carbocycles. The van der Waals surface area contributed by atoms with Crippen LogP contribution in [0.25, 0.3) is 0 Å². The second-order valence-corrected chi connectivity index (χ2v) is 7.87. The Morgan fingerprint density at radius 2 is 1.97 bits per heavy atom. The van der Waals surface area contributed by atoms with Crippen molar-refractivity contribution in [1.29, 1.82) is 0 Å². The van der Waals surface area contributed by atoms with Crippen LogP contribution in [0, 0.1) is 0 Å². The van der Waals surface area contributed by atoms with E-state index < -0.39 is 5.54 Å². The number of carbonyl (C=O) groups is 2. The molecule has 0 radical (unpaired) electrons. The number of aromatic amines is 1. The first-order valence-electron chi connectivity index (χ1n) is 10.3. The van der Waals surface area contributed by atoms with Crippen LogP contribution < -0.4 is 4.74 Å². The highest BCUT2D eigenvalue weighted by Gasteiger charge is 2.48. The van der Waals surface area contributed by atoms with Crippen LogP contribution in [0.5, 0.6) is 5.75 Å². The summed E-state index contributed by atoms with van der Waals surface area (Å²) < 4.78 is 5.39. The normalized spacial score (nSPS) is 17.9. The lowest BCUT2D eigenvalue weighted by molar-refractivity contribution is -0.142. The Bertz CT molecular complexity index is 899. The van der Waals surface area contributed by atoms with Gasteiger partial charge in [0, 0.05) is 45.1 Å². The number of nitrogens with one attached hydrogen (secondary N) is 1. The molecule has 1 spiro atoms. The molecule has 7 nitrogen and oxygen atoms in total. The van der Waals surface area contributed by atoms with E-state index >= 15 is 0 Å². The molecule has 2 aromatic rings. The molecule has 154 valence electrons. The number of ether oxygens (including phenoxy) is 1. The maximum Gasteiger partial charge on any atom is 0.222 e. The van der Waals surface area contributed by atoms with E-state index in [2.05, 4.69) is 9.97 Å². The van der Waals surface area contributed by atoms with E-state index in [-0.39, 0.29) is 11.8 Å². The molecule has 0 bridgehead atoms. The zero-order valence-electron chi connectivity index (χ0n) is 17.1. The zero-order valence-corrected chi connectivity index (χ0v) is 17.1. The monoisotopic (exact) mass is 396 g/mol. The number of hydrogen-bond acceptors (Lipinski definition) is 4. The van der Waals surface area contributed by atoms with Crippen molar-refractivity contribution in [1.82, 2.24) is 19.8 Å². The van der Waals surface area contributed by atoms with E-state index in [1.807, 2.05) is 34.1 Å². The topological polar surface area (TPSA) is 78.5 Å².